The summed E-state index contributed by atoms with van der Waals surface area (Å²) in [5.74, 6) is -0.878. The first-order valence-corrected chi connectivity index (χ1v) is 9.66. The zero-order valence-electron chi connectivity index (χ0n) is 15.6. The fourth-order valence-corrected chi connectivity index (χ4v) is 3.10. The van der Waals surface area contributed by atoms with E-state index >= 15 is 0 Å². The molecular weight excluding hydrogens is 427 g/mol. The van der Waals surface area contributed by atoms with Crippen molar-refractivity contribution in [3.63, 3.8) is 0 Å². The van der Waals surface area contributed by atoms with Crippen LogP contribution in [0.1, 0.15) is 26.3 Å². The van der Waals surface area contributed by atoms with E-state index in [0.29, 0.717) is 21.9 Å². The van der Waals surface area contributed by atoms with Crippen molar-refractivity contribution in [3.05, 3.63) is 99.5 Å². The highest BCUT2D eigenvalue weighted by Crippen LogP contribution is 2.21. The van der Waals surface area contributed by atoms with Gasteiger partial charge in [0.05, 0.1) is 5.02 Å². The lowest BCUT2D eigenvalue weighted by Crippen LogP contribution is -2.19. The molecule has 0 fully saturated rings. The highest BCUT2D eigenvalue weighted by molar-refractivity contribution is 6.36. The summed E-state index contributed by atoms with van der Waals surface area (Å²) in [5.41, 5.74) is 1.30. The number of esters is 1. The minimum absolute atomic E-state index is 0.110. The lowest BCUT2D eigenvalue weighted by Gasteiger charge is -2.08. The molecule has 0 aliphatic heterocycles. The third-order valence-corrected chi connectivity index (χ3v) is 4.65. The van der Waals surface area contributed by atoms with Gasteiger partial charge in [-0.1, -0.05) is 53.5 Å². The molecule has 0 spiro atoms. The molecule has 5 nitrogen and oxygen atoms in total. The monoisotopic (exact) mass is 442 g/mol. The lowest BCUT2D eigenvalue weighted by atomic mass is 10.0. The fourth-order valence-electron chi connectivity index (χ4n) is 2.58. The maximum Gasteiger partial charge on any atom is 0.344 e. The summed E-state index contributed by atoms with van der Waals surface area (Å²) in [7, 11) is 0. The molecule has 0 saturated heterocycles. The van der Waals surface area contributed by atoms with Crippen molar-refractivity contribution in [2.75, 3.05) is 13.2 Å². The van der Waals surface area contributed by atoms with E-state index in [1.54, 1.807) is 48.5 Å². The van der Waals surface area contributed by atoms with Gasteiger partial charge in [-0.3, -0.25) is 9.59 Å². The van der Waals surface area contributed by atoms with Crippen LogP contribution in [0, 0.1) is 0 Å². The van der Waals surface area contributed by atoms with Crippen molar-refractivity contribution in [1.29, 1.82) is 0 Å². The smallest absolute Gasteiger partial charge is 0.344 e. The van der Waals surface area contributed by atoms with Gasteiger partial charge >= 0.3 is 5.97 Å². The molecule has 0 heterocycles. The van der Waals surface area contributed by atoms with Crippen molar-refractivity contribution in [1.82, 2.24) is 0 Å². The van der Waals surface area contributed by atoms with Crippen molar-refractivity contribution in [3.8, 4) is 5.75 Å². The van der Waals surface area contributed by atoms with Gasteiger partial charge in [0.2, 0.25) is 5.78 Å². The van der Waals surface area contributed by atoms with Crippen LogP contribution in [-0.4, -0.2) is 30.7 Å². The molecule has 3 aromatic rings. The number of benzene rings is 3. The van der Waals surface area contributed by atoms with E-state index in [1.165, 1.54) is 18.2 Å². The van der Waals surface area contributed by atoms with Crippen LogP contribution in [0.3, 0.4) is 0 Å². The maximum atomic E-state index is 12.4. The largest absolute Gasteiger partial charge is 0.482 e. The molecule has 0 aliphatic carbocycles. The van der Waals surface area contributed by atoms with Crippen LogP contribution in [0.25, 0.3) is 0 Å². The Labute approximate surface area is 183 Å². The summed E-state index contributed by atoms with van der Waals surface area (Å²) >= 11 is 11.8. The lowest BCUT2D eigenvalue weighted by molar-refractivity contribution is -0.144. The summed E-state index contributed by atoms with van der Waals surface area (Å²) in [6.45, 7) is -0.846. The van der Waals surface area contributed by atoms with E-state index in [9.17, 15) is 14.4 Å². The van der Waals surface area contributed by atoms with Gasteiger partial charge in [0.15, 0.2) is 19.0 Å². The zero-order valence-corrected chi connectivity index (χ0v) is 17.2. The Bertz CT molecular complexity index is 1060. The van der Waals surface area contributed by atoms with Gasteiger partial charge in [-0.15, -0.1) is 0 Å². The van der Waals surface area contributed by atoms with Gasteiger partial charge in [0.1, 0.15) is 5.75 Å². The summed E-state index contributed by atoms with van der Waals surface area (Å²) in [4.78, 5) is 36.3. The number of carbonyl (C=O) groups is 3. The van der Waals surface area contributed by atoms with Gasteiger partial charge in [-0.2, -0.15) is 0 Å². The Kier molecular flexibility index (Phi) is 7.22. The second-order valence-corrected chi connectivity index (χ2v) is 7.06. The third kappa shape index (κ3) is 5.69. The molecule has 0 N–H and O–H groups in total. The summed E-state index contributed by atoms with van der Waals surface area (Å²) in [5, 5.41) is 0.586. The SMILES string of the molecule is O=C(COc1ccc(C(=O)c2ccccc2)cc1)OCC(=O)c1ccc(Cl)cc1Cl. The van der Waals surface area contributed by atoms with E-state index in [-0.39, 0.29) is 23.0 Å². The molecule has 0 unspecified atom stereocenters. The molecule has 0 saturated carbocycles. The number of hydrogen-bond donors (Lipinski definition) is 0. The second kappa shape index (κ2) is 10.1. The zero-order chi connectivity index (χ0) is 21.5. The number of Topliss-reactive ketones (excluding diaryl/α,β-unsaturated/α-hetero) is 1. The van der Waals surface area contributed by atoms with E-state index in [0.717, 1.165) is 0 Å². The van der Waals surface area contributed by atoms with Crippen molar-refractivity contribution >= 4 is 40.7 Å². The number of carbonyl (C=O) groups excluding carboxylic acids is 3. The molecule has 0 bridgehead atoms. The Morgan fingerprint density at radius 2 is 1.43 bits per heavy atom. The Morgan fingerprint density at radius 1 is 0.767 bits per heavy atom. The van der Waals surface area contributed by atoms with Crippen molar-refractivity contribution < 1.29 is 23.9 Å². The molecule has 0 aliphatic rings. The molecule has 152 valence electrons. The average molecular weight is 443 g/mol. The van der Waals surface area contributed by atoms with E-state index in [4.69, 9.17) is 32.7 Å². The predicted octanol–water partition coefficient (Wildman–Crippen LogP) is 5.03. The highest BCUT2D eigenvalue weighted by Gasteiger charge is 2.14. The molecule has 3 aromatic carbocycles. The van der Waals surface area contributed by atoms with Crippen molar-refractivity contribution in [2.24, 2.45) is 0 Å². The second-order valence-electron chi connectivity index (χ2n) is 6.22. The van der Waals surface area contributed by atoms with Gasteiger partial charge in [-0.05, 0) is 42.5 Å². The number of ether oxygens (including phenoxy) is 2. The Balaban J connectivity index is 1.49. The molecule has 0 radical (unpaired) electrons. The van der Waals surface area contributed by atoms with Crippen LogP contribution in [0.5, 0.6) is 5.75 Å². The summed E-state index contributed by atoms with van der Waals surface area (Å²) in [6.07, 6.45) is 0. The fraction of sp³-hybridized carbons (Fsp3) is 0.0870. The normalized spacial score (nSPS) is 10.3. The standard InChI is InChI=1S/C23H16Cl2O5/c24-17-8-11-19(20(25)12-17)21(26)13-30-22(27)14-29-18-9-6-16(7-10-18)23(28)15-4-2-1-3-5-15/h1-12H,13-14H2. The van der Waals surface area contributed by atoms with Gasteiger partial charge in [0.25, 0.3) is 0 Å². The number of halogens is 2. The predicted molar refractivity (Wildman–Crippen MR) is 114 cm³/mol. The molecule has 0 aromatic heterocycles. The Hall–Kier alpha value is -3.15. The minimum atomic E-state index is -0.710. The molecular formula is C23H16Cl2O5. The van der Waals surface area contributed by atoms with Gasteiger partial charge < -0.3 is 9.47 Å². The maximum absolute atomic E-state index is 12.4. The van der Waals surface area contributed by atoms with Crippen LogP contribution < -0.4 is 4.74 Å². The molecule has 0 amide bonds. The highest BCUT2D eigenvalue weighted by atomic mass is 35.5. The molecule has 30 heavy (non-hydrogen) atoms. The van der Waals surface area contributed by atoms with Gasteiger partial charge in [-0.25, -0.2) is 4.79 Å². The van der Waals surface area contributed by atoms with Crippen LogP contribution in [0.2, 0.25) is 10.0 Å². The summed E-state index contributed by atoms with van der Waals surface area (Å²) < 4.78 is 10.3. The van der Waals surface area contributed by atoms with Crippen LogP contribution in [-0.2, 0) is 9.53 Å². The molecule has 7 heteroatoms. The van der Waals surface area contributed by atoms with E-state index < -0.39 is 18.4 Å². The Morgan fingerprint density at radius 3 is 2.10 bits per heavy atom. The third-order valence-electron chi connectivity index (χ3n) is 4.10. The van der Waals surface area contributed by atoms with E-state index in [2.05, 4.69) is 0 Å². The minimum Gasteiger partial charge on any atom is -0.482 e. The first-order valence-electron chi connectivity index (χ1n) is 8.90. The first-order chi connectivity index (χ1) is 14.4. The topological polar surface area (TPSA) is 69.7 Å². The number of rotatable bonds is 8. The molecule has 0 atom stereocenters. The van der Waals surface area contributed by atoms with Crippen molar-refractivity contribution in [2.45, 2.75) is 0 Å². The average Bonchev–Trinajstić information content (AvgIpc) is 2.76. The van der Waals surface area contributed by atoms with Crippen LogP contribution >= 0.6 is 23.2 Å². The number of ketones is 2. The number of hydrogen-bond acceptors (Lipinski definition) is 5. The van der Waals surface area contributed by atoms with E-state index in [1.807, 2.05) is 6.07 Å². The van der Waals surface area contributed by atoms with Gasteiger partial charge in [0, 0.05) is 21.7 Å². The molecule has 3 rings (SSSR count). The van der Waals surface area contributed by atoms with Crippen LogP contribution in [0.4, 0.5) is 0 Å². The van der Waals surface area contributed by atoms with Crippen LogP contribution in [0.15, 0.2) is 72.8 Å². The summed E-state index contributed by atoms with van der Waals surface area (Å²) in [6, 6.07) is 19.7. The quantitative estimate of drug-likeness (QED) is 0.361. The first kappa shape index (κ1) is 21.6.